The lowest BCUT2D eigenvalue weighted by Gasteiger charge is -2.40. The van der Waals surface area contributed by atoms with Gasteiger partial charge < -0.3 is 25.4 Å². The molecule has 9 rings (SSSR count). The van der Waals surface area contributed by atoms with Crippen LogP contribution in [0, 0.1) is 5.82 Å². The van der Waals surface area contributed by atoms with Crippen molar-refractivity contribution in [2.24, 2.45) is 7.05 Å². The van der Waals surface area contributed by atoms with Crippen LogP contribution in [0.15, 0.2) is 84.2 Å². The Hall–Kier alpha value is -7.05. The van der Waals surface area contributed by atoms with E-state index in [4.69, 9.17) is 9.47 Å². The summed E-state index contributed by atoms with van der Waals surface area (Å²) in [4.78, 5) is 70.5. The molecule has 3 aliphatic rings. The van der Waals surface area contributed by atoms with Gasteiger partial charge in [-0.25, -0.2) is 29.1 Å². The van der Waals surface area contributed by atoms with Gasteiger partial charge >= 0.3 is 5.69 Å². The predicted molar refractivity (Wildman–Crippen MR) is 236 cm³/mol. The molecule has 3 amide bonds. The zero-order valence-corrected chi connectivity index (χ0v) is 35.6. The number of methoxy groups -OCH3 is 1. The first kappa shape index (κ1) is 42.3. The number of fused-ring (bicyclic) bond motifs is 1. The molecule has 1 atom stereocenters. The minimum absolute atomic E-state index is 0.147. The second kappa shape index (κ2) is 18.0. The number of anilines is 4. The normalized spacial score (nSPS) is 19.2. The number of carbonyl (C=O) groups excluding carboxylic acids is 3. The van der Waals surface area contributed by atoms with E-state index >= 15 is 0 Å². The van der Waals surface area contributed by atoms with Crippen molar-refractivity contribution < 1.29 is 28.2 Å². The number of amides is 3. The third kappa shape index (κ3) is 8.53. The molecule has 2 saturated heterocycles. The van der Waals surface area contributed by atoms with Crippen molar-refractivity contribution in [3.63, 3.8) is 0 Å². The van der Waals surface area contributed by atoms with E-state index in [-0.39, 0.29) is 47.9 Å². The molecule has 6 aromatic rings. The van der Waals surface area contributed by atoms with Gasteiger partial charge in [-0.15, -0.1) is 0 Å². The highest BCUT2D eigenvalue weighted by Gasteiger charge is 2.37. The lowest BCUT2D eigenvalue weighted by molar-refractivity contribution is -0.135. The number of imide groups is 1. The summed E-state index contributed by atoms with van der Waals surface area (Å²) in [7, 11) is 4.80. The molecule has 330 valence electrons. The fourth-order valence-electron chi connectivity index (χ4n) is 8.99. The number of aromatic nitrogens is 6. The number of hydrogen-bond donors (Lipinski definition) is 4. The molecule has 0 radical (unpaired) electrons. The highest BCUT2D eigenvalue weighted by Crippen LogP contribution is 2.43. The molecule has 1 unspecified atom stereocenters. The van der Waals surface area contributed by atoms with E-state index in [0.717, 1.165) is 74.4 Å². The van der Waals surface area contributed by atoms with Gasteiger partial charge in [0.2, 0.25) is 11.8 Å². The standard InChI is InChI=1S/C46H48FN11O6/c1-48-44(60)33-24-50-39(20-35(33)53-34-8-4-7-32(42(34)63-3)43-51-22-28(47)23-52-43)54-38-12-10-26(21-49-38)25-57-16-14-29(15-17-57)64-30-18-27(19-30)31-6-5-9-36-41(31)56(2)46(62)58(36)37-11-13-40(59)55-45(37)61/h4-10,12,20-24,27,29-30,37H,11,13-19,25H2,1-3H3,(H,48,60)(H,55,59,61)(H2,49,50,53,54). The maximum atomic E-state index is 13.6. The molecule has 1 saturated carbocycles. The molecular weight excluding hydrogens is 822 g/mol. The number of para-hydroxylation sites is 2. The quantitative estimate of drug-likeness (QED) is 0.106. The summed E-state index contributed by atoms with van der Waals surface area (Å²) in [5.41, 5.74) is 5.29. The summed E-state index contributed by atoms with van der Waals surface area (Å²) in [5, 5.41) is 11.6. The molecule has 0 bridgehead atoms. The van der Waals surface area contributed by atoms with Gasteiger partial charge in [-0.1, -0.05) is 24.3 Å². The SMILES string of the molecule is CNC(=O)c1cnc(Nc2ccc(CN3CCC(OC4CC(c5cccc6c5n(C)c(=O)n6C5CCC(=O)NC5=O)C4)CC3)cn2)cc1Nc1cccc(-c2ncc(F)cn2)c1OC. The fourth-order valence-corrected chi connectivity index (χ4v) is 8.99. The van der Waals surface area contributed by atoms with Crippen molar-refractivity contribution in [3.8, 4) is 17.1 Å². The van der Waals surface area contributed by atoms with E-state index in [1.165, 1.54) is 13.3 Å². The molecule has 17 nitrogen and oxygen atoms in total. The maximum absolute atomic E-state index is 13.6. The average Bonchev–Trinajstić information content (AvgIpc) is 3.54. The van der Waals surface area contributed by atoms with Gasteiger partial charge in [0.25, 0.3) is 5.91 Å². The summed E-state index contributed by atoms with van der Waals surface area (Å²) in [6, 6.07) is 16.2. The molecule has 2 aromatic carbocycles. The zero-order chi connectivity index (χ0) is 44.5. The van der Waals surface area contributed by atoms with Gasteiger partial charge in [-0.05, 0) is 73.4 Å². The van der Waals surface area contributed by atoms with Crippen LogP contribution in [0.4, 0.5) is 27.4 Å². The summed E-state index contributed by atoms with van der Waals surface area (Å²) < 4.78 is 29.0. The predicted octanol–water partition coefficient (Wildman–Crippen LogP) is 5.49. The summed E-state index contributed by atoms with van der Waals surface area (Å²) >= 11 is 0. The second-order valence-electron chi connectivity index (χ2n) is 16.4. The van der Waals surface area contributed by atoms with Crippen LogP contribution >= 0.6 is 0 Å². The highest BCUT2D eigenvalue weighted by atomic mass is 19.1. The van der Waals surface area contributed by atoms with Gasteiger partial charge in [0.15, 0.2) is 17.4 Å². The van der Waals surface area contributed by atoms with Crippen LogP contribution in [0.25, 0.3) is 22.4 Å². The number of rotatable bonds is 13. The zero-order valence-electron chi connectivity index (χ0n) is 35.6. The number of nitrogens with zero attached hydrogens (tertiary/aromatic N) is 7. The third-order valence-electron chi connectivity index (χ3n) is 12.3. The number of carbonyl (C=O) groups is 3. The molecule has 2 aliphatic heterocycles. The smallest absolute Gasteiger partial charge is 0.329 e. The van der Waals surface area contributed by atoms with E-state index < -0.39 is 17.8 Å². The van der Waals surface area contributed by atoms with E-state index in [2.05, 4.69) is 52.2 Å². The Bertz CT molecular complexity index is 2780. The Morgan fingerprint density at radius 1 is 0.875 bits per heavy atom. The molecular formula is C46H48FN11O6. The Morgan fingerprint density at radius 3 is 2.36 bits per heavy atom. The van der Waals surface area contributed by atoms with Crippen LogP contribution in [-0.2, 0) is 27.9 Å². The lowest BCUT2D eigenvalue weighted by atomic mass is 9.77. The van der Waals surface area contributed by atoms with E-state index in [0.29, 0.717) is 51.8 Å². The highest BCUT2D eigenvalue weighted by molar-refractivity contribution is 6.01. The number of aryl methyl sites for hydroxylation is 1. The number of piperidine rings is 2. The second-order valence-corrected chi connectivity index (χ2v) is 16.4. The van der Waals surface area contributed by atoms with E-state index in [9.17, 15) is 23.6 Å². The van der Waals surface area contributed by atoms with Crippen molar-refractivity contribution in [2.45, 2.75) is 69.2 Å². The molecule has 3 fully saturated rings. The molecule has 6 heterocycles. The van der Waals surface area contributed by atoms with Gasteiger partial charge in [-0.3, -0.25) is 33.7 Å². The molecule has 4 N–H and O–H groups in total. The van der Waals surface area contributed by atoms with Gasteiger partial charge in [0.1, 0.15) is 17.7 Å². The van der Waals surface area contributed by atoms with Crippen molar-refractivity contribution in [3.05, 3.63) is 112 Å². The fraction of sp³-hybridized carbons (Fsp3) is 0.348. The number of halogens is 1. The van der Waals surface area contributed by atoms with Gasteiger partial charge in [0.05, 0.1) is 65.2 Å². The van der Waals surface area contributed by atoms with Crippen LogP contribution < -0.4 is 31.7 Å². The molecule has 64 heavy (non-hydrogen) atoms. The summed E-state index contributed by atoms with van der Waals surface area (Å²) in [5.74, 6) is 0.345. The number of benzene rings is 2. The van der Waals surface area contributed by atoms with E-state index in [1.54, 1.807) is 47.5 Å². The summed E-state index contributed by atoms with van der Waals surface area (Å²) in [6.07, 6.45) is 9.92. The number of imidazole rings is 1. The van der Waals surface area contributed by atoms with Crippen molar-refractivity contribution in [1.29, 1.82) is 0 Å². The van der Waals surface area contributed by atoms with Crippen molar-refractivity contribution >= 4 is 51.8 Å². The minimum Gasteiger partial charge on any atom is -0.494 e. The van der Waals surface area contributed by atoms with Crippen LogP contribution in [-0.4, -0.2) is 91.1 Å². The Balaban J connectivity index is 0.783. The Labute approximate surface area is 367 Å². The number of likely N-dealkylation sites (tertiary alicyclic amines) is 1. The average molecular weight is 870 g/mol. The third-order valence-corrected chi connectivity index (χ3v) is 12.3. The maximum Gasteiger partial charge on any atom is 0.329 e. The number of hydrogen-bond acceptors (Lipinski definition) is 13. The number of ether oxygens (including phenoxy) is 2. The monoisotopic (exact) mass is 869 g/mol. The summed E-state index contributed by atoms with van der Waals surface area (Å²) in [6.45, 7) is 2.56. The first-order chi connectivity index (χ1) is 31.1. The van der Waals surface area contributed by atoms with Crippen molar-refractivity contribution in [1.82, 2.24) is 44.6 Å². The minimum atomic E-state index is -0.709. The largest absolute Gasteiger partial charge is 0.494 e. The number of nitrogens with one attached hydrogen (secondary N) is 4. The number of pyridine rings is 2. The van der Waals surface area contributed by atoms with Crippen molar-refractivity contribution in [2.75, 3.05) is 37.9 Å². The lowest BCUT2D eigenvalue weighted by Crippen LogP contribution is -2.44. The van der Waals surface area contributed by atoms with Gasteiger partial charge in [0, 0.05) is 58.6 Å². The van der Waals surface area contributed by atoms with Crippen LogP contribution in [0.5, 0.6) is 5.75 Å². The van der Waals surface area contributed by atoms with E-state index in [1.807, 2.05) is 30.5 Å². The van der Waals surface area contributed by atoms with Crippen LogP contribution in [0.2, 0.25) is 0 Å². The first-order valence-corrected chi connectivity index (χ1v) is 21.3. The topological polar surface area (TPSA) is 200 Å². The van der Waals surface area contributed by atoms with Gasteiger partial charge in [-0.2, -0.15) is 0 Å². The molecule has 0 spiro atoms. The molecule has 18 heteroatoms. The molecule has 1 aliphatic carbocycles. The van der Waals surface area contributed by atoms with Crippen LogP contribution in [0.1, 0.15) is 72.0 Å². The first-order valence-electron chi connectivity index (χ1n) is 21.3. The molecule has 4 aromatic heterocycles. The Morgan fingerprint density at radius 2 is 1.64 bits per heavy atom. The van der Waals surface area contributed by atoms with Crippen LogP contribution in [0.3, 0.4) is 0 Å². The Kier molecular flexibility index (Phi) is 11.9.